The van der Waals surface area contributed by atoms with Gasteiger partial charge in [0.15, 0.2) is 0 Å². The van der Waals surface area contributed by atoms with Crippen LogP contribution in [0.5, 0.6) is 11.6 Å². The van der Waals surface area contributed by atoms with Crippen LogP contribution in [0.2, 0.25) is 0 Å². The number of carbonyl (C=O) groups excluding carboxylic acids is 4. The van der Waals surface area contributed by atoms with Crippen molar-refractivity contribution in [3.8, 4) is 11.6 Å². The Hall–Kier alpha value is -4.66. The third-order valence-corrected chi connectivity index (χ3v) is 13.7. The summed E-state index contributed by atoms with van der Waals surface area (Å²) in [5.41, 5.74) is -0.998. The molecule has 56 heavy (non-hydrogen) atoms. The Morgan fingerprint density at radius 1 is 1.09 bits per heavy atom. The molecular weight excluding hydrogens is 739 g/mol. The van der Waals surface area contributed by atoms with Gasteiger partial charge < -0.3 is 29.7 Å². The lowest BCUT2D eigenvalue weighted by atomic mass is 9.85. The topological polar surface area (TPSA) is 182 Å². The maximum absolute atomic E-state index is 14.8. The molecule has 2 aromatic rings. The van der Waals surface area contributed by atoms with Gasteiger partial charge in [0, 0.05) is 17.7 Å². The number of ether oxygens (including phenoxy) is 3. The van der Waals surface area contributed by atoms with Gasteiger partial charge in [-0.2, -0.15) is 0 Å². The van der Waals surface area contributed by atoms with Crippen LogP contribution in [0.25, 0.3) is 10.9 Å². The van der Waals surface area contributed by atoms with Crippen LogP contribution < -0.4 is 24.8 Å². The fourth-order valence-electron chi connectivity index (χ4n) is 8.48. The zero-order chi connectivity index (χ0) is 40.0. The van der Waals surface area contributed by atoms with E-state index in [-0.39, 0.29) is 31.4 Å². The van der Waals surface area contributed by atoms with E-state index in [1.54, 1.807) is 7.11 Å². The first-order valence-electron chi connectivity index (χ1n) is 19.7. The number of nitrogens with one attached hydrogen (secondary N) is 3. The van der Waals surface area contributed by atoms with Crippen LogP contribution in [0, 0.1) is 17.3 Å². The minimum Gasteiger partial charge on any atom is -0.496 e. The standard InChI is InChI=1S/C41H53N5O9S/c1-6-25-22-41(25,38(49)45-56(51,52)27-19-20-27)44-35(47)31-21-26-23-46(31)37(48)34(40(2,3)4)43-39(50)55-32-18-12-14-24(32)13-8-7-9-16-29-33(53-5)28-15-10-11-17-30(28)42-36(29)54-26/h6-7,9-11,15,17,24-27,31-32,34H,1,8,12-14,16,18-23H2,2-5H3,(H,43,50)(H,44,47)(H,45,49)/b9-7+/t24-,25-,26-,31+,32-,34-,41-/m1/s1. The summed E-state index contributed by atoms with van der Waals surface area (Å²) in [6.07, 6.45) is 9.67. The first kappa shape index (κ1) is 39.6. The number of fused-ring (bicyclic) bond motifs is 5. The van der Waals surface area contributed by atoms with Gasteiger partial charge in [-0.1, -0.05) is 51.1 Å². The van der Waals surface area contributed by atoms with Gasteiger partial charge in [0.25, 0.3) is 5.91 Å². The number of amides is 4. The summed E-state index contributed by atoms with van der Waals surface area (Å²) in [4.78, 5) is 62.6. The van der Waals surface area contributed by atoms with E-state index in [0.717, 1.165) is 43.1 Å². The highest BCUT2D eigenvalue weighted by Gasteiger charge is 2.62. The smallest absolute Gasteiger partial charge is 0.408 e. The van der Waals surface area contributed by atoms with Crippen LogP contribution in [0.4, 0.5) is 4.79 Å². The first-order valence-corrected chi connectivity index (χ1v) is 21.3. The Morgan fingerprint density at radius 3 is 2.55 bits per heavy atom. The lowest BCUT2D eigenvalue weighted by Gasteiger charge is -2.35. The third kappa shape index (κ3) is 7.96. The van der Waals surface area contributed by atoms with Gasteiger partial charge in [-0.05, 0) is 81.3 Å². The second-order valence-corrected chi connectivity index (χ2v) is 18.9. The fourth-order valence-corrected chi connectivity index (χ4v) is 9.85. The van der Waals surface area contributed by atoms with Crippen molar-refractivity contribution in [3.63, 3.8) is 0 Å². The van der Waals surface area contributed by atoms with E-state index in [4.69, 9.17) is 19.2 Å². The van der Waals surface area contributed by atoms with Crippen molar-refractivity contribution < 1.29 is 41.8 Å². The first-order chi connectivity index (χ1) is 26.6. The molecule has 14 nitrogen and oxygen atoms in total. The average molecular weight is 792 g/mol. The molecule has 4 fully saturated rings. The number of carbonyl (C=O) groups is 4. The van der Waals surface area contributed by atoms with Gasteiger partial charge >= 0.3 is 6.09 Å². The van der Waals surface area contributed by atoms with E-state index in [1.165, 1.54) is 11.0 Å². The zero-order valence-electron chi connectivity index (χ0n) is 32.5. The molecule has 2 bridgehead atoms. The Balaban J connectivity index is 1.25. The van der Waals surface area contributed by atoms with Crippen molar-refractivity contribution in [1.29, 1.82) is 0 Å². The molecule has 1 aromatic carbocycles. The minimum atomic E-state index is -3.91. The zero-order valence-corrected chi connectivity index (χ0v) is 33.4. The van der Waals surface area contributed by atoms with Gasteiger partial charge in [0.2, 0.25) is 27.7 Å². The number of hydrogen-bond donors (Lipinski definition) is 3. The fraction of sp³-hybridized carbons (Fsp3) is 0.585. The summed E-state index contributed by atoms with van der Waals surface area (Å²) in [6, 6.07) is 5.33. The number of alkyl carbamates (subject to hydrolysis) is 1. The van der Waals surface area contributed by atoms with Crippen molar-refractivity contribution in [3.05, 3.63) is 54.6 Å². The summed E-state index contributed by atoms with van der Waals surface area (Å²) in [7, 11) is -2.31. The number of para-hydroxylation sites is 1. The van der Waals surface area contributed by atoms with Gasteiger partial charge in [0.1, 0.15) is 35.6 Å². The number of nitrogens with zero attached hydrogens (tertiary/aromatic N) is 2. The number of aromatic nitrogens is 1. The molecule has 0 spiro atoms. The molecule has 7 atom stereocenters. The van der Waals surface area contributed by atoms with Crippen LogP contribution in [0.15, 0.2) is 49.1 Å². The van der Waals surface area contributed by atoms with E-state index >= 15 is 0 Å². The number of rotatable bonds is 7. The number of benzene rings is 1. The normalized spacial score (nSPS) is 30.3. The Kier molecular flexibility index (Phi) is 10.8. The summed E-state index contributed by atoms with van der Waals surface area (Å²) in [5.74, 6) is -1.45. The number of pyridine rings is 1. The lowest BCUT2D eigenvalue weighted by Crippen LogP contribution is -2.60. The summed E-state index contributed by atoms with van der Waals surface area (Å²) < 4.78 is 46.3. The molecule has 0 unspecified atom stereocenters. The van der Waals surface area contributed by atoms with Crippen LogP contribution in [-0.2, 0) is 35.6 Å². The van der Waals surface area contributed by atoms with Crippen LogP contribution in [-0.4, -0.2) is 90.9 Å². The van der Waals surface area contributed by atoms with E-state index in [0.29, 0.717) is 36.4 Å². The quantitative estimate of drug-likeness (QED) is 0.339. The van der Waals surface area contributed by atoms with Crippen molar-refractivity contribution in [2.24, 2.45) is 17.3 Å². The van der Waals surface area contributed by atoms with Gasteiger partial charge in [-0.3, -0.25) is 19.1 Å². The predicted octanol–water partition coefficient (Wildman–Crippen LogP) is 4.46. The highest BCUT2D eigenvalue weighted by molar-refractivity contribution is 7.91. The highest BCUT2D eigenvalue weighted by atomic mass is 32.2. The van der Waals surface area contributed by atoms with Crippen molar-refractivity contribution in [2.75, 3.05) is 13.7 Å². The number of methoxy groups -OCH3 is 1. The van der Waals surface area contributed by atoms with Crippen LogP contribution in [0.1, 0.15) is 84.1 Å². The Bertz CT molecular complexity index is 2040. The molecular formula is C41H53N5O9S. The van der Waals surface area contributed by atoms with Crippen LogP contribution in [0.3, 0.4) is 0 Å². The van der Waals surface area contributed by atoms with Gasteiger partial charge in [-0.15, -0.1) is 6.58 Å². The van der Waals surface area contributed by atoms with E-state index in [1.807, 2.05) is 45.0 Å². The van der Waals surface area contributed by atoms with Crippen molar-refractivity contribution >= 4 is 44.7 Å². The molecule has 302 valence electrons. The molecule has 5 aliphatic rings. The molecule has 3 heterocycles. The average Bonchev–Trinajstić information content (AvgIpc) is 4.04. The Labute approximate surface area is 328 Å². The second-order valence-electron chi connectivity index (χ2n) is 16.9. The summed E-state index contributed by atoms with van der Waals surface area (Å²) in [5, 5.41) is 5.84. The third-order valence-electron chi connectivity index (χ3n) is 11.9. The van der Waals surface area contributed by atoms with Crippen molar-refractivity contribution in [2.45, 2.75) is 120 Å². The molecule has 3 aliphatic carbocycles. The van der Waals surface area contributed by atoms with Gasteiger partial charge in [-0.25, -0.2) is 18.2 Å². The van der Waals surface area contributed by atoms with Gasteiger partial charge in [0.05, 0.1) is 30.0 Å². The molecule has 7 rings (SSSR count). The summed E-state index contributed by atoms with van der Waals surface area (Å²) in [6.45, 7) is 9.22. The van der Waals surface area contributed by atoms with E-state index < -0.39 is 74.1 Å². The molecule has 2 aliphatic heterocycles. The number of sulfonamides is 1. The molecule has 3 saturated carbocycles. The lowest BCUT2D eigenvalue weighted by molar-refractivity contribution is -0.143. The molecule has 15 heteroatoms. The van der Waals surface area contributed by atoms with E-state index in [2.05, 4.69) is 34.1 Å². The summed E-state index contributed by atoms with van der Waals surface area (Å²) >= 11 is 0. The number of hydrogen-bond acceptors (Lipinski definition) is 10. The Morgan fingerprint density at radius 2 is 1.86 bits per heavy atom. The minimum absolute atomic E-state index is 0.0194. The molecule has 1 aromatic heterocycles. The SMILES string of the molecule is C=C[C@@H]1C[C@]1(NC(=O)[C@@H]1C[C@@H]2CN1C(=O)[C@H](C(C)(C)C)NC(=O)O[C@@H]1CCC[C@H]1CC/C=C/Cc1c(nc3ccccc3c1OC)O2)C(=O)NS(=O)(=O)C1CC1. The molecule has 4 amide bonds. The number of allylic oxidation sites excluding steroid dienone is 2. The predicted molar refractivity (Wildman–Crippen MR) is 208 cm³/mol. The maximum Gasteiger partial charge on any atom is 0.408 e. The second kappa shape index (κ2) is 15.4. The van der Waals surface area contributed by atoms with Crippen LogP contribution >= 0.6 is 0 Å². The molecule has 3 N–H and O–H groups in total. The molecule has 1 saturated heterocycles. The monoisotopic (exact) mass is 791 g/mol. The highest BCUT2D eigenvalue weighted by Crippen LogP contribution is 2.46. The van der Waals surface area contributed by atoms with Crippen molar-refractivity contribution in [1.82, 2.24) is 25.2 Å². The molecule has 0 radical (unpaired) electrons. The maximum atomic E-state index is 14.8. The van der Waals surface area contributed by atoms with E-state index in [9.17, 15) is 27.6 Å². The largest absolute Gasteiger partial charge is 0.496 e.